The molecular weight excluding hydrogens is 851 g/mol. The van der Waals surface area contributed by atoms with E-state index in [0.717, 1.165) is 24.1 Å². The van der Waals surface area contributed by atoms with Crippen molar-refractivity contribution in [2.75, 3.05) is 39.8 Å². The molecule has 0 bridgehead atoms. The maximum absolute atomic E-state index is 16.0. The van der Waals surface area contributed by atoms with E-state index in [1.165, 1.54) is 42.0 Å². The molecule has 4 saturated heterocycles. The van der Waals surface area contributed by atoms with Gasteiger partial charge in [0.1, 0.15) is 17.3 Å². The largest absolute Gasteiger partial charge is 0.573 e. The Bertz CT molecular complexity index is 2260. The minimum Gasteiger partial charge on any atom is -0.435 e. The minimum atomic E-state index is -4.86. The molecule has 3 atom stereocenters. The number of aryl methyl sites for hydroxylation is 1. The Morgan fingerprint density at radius 2 is 1.15 bits per heavy atom. The number of amides is 2. The molecule has 8 rings (SSSR count). The molecule has 348 valence electrons. The van der Waals surface area contributed by atoms with Crippen molar-refractivity contribution in [3.8, 4) is 11.5 Å². The normalized spacial score (nSPS) is 23.4. The van der Waals surface area contributed by atoms with Crippen molar-refractivity contribution in [2.45, 2.75) is 96.2 Å². The first-order valence-electron chi connectivity index (χ1n) is 22.4. The summed E-state index contributed by atoms with van der Waals surface area (Å²) in [4.78, 5) is 35.4. The number of halogens is 6. The molecule has 0 saturated carbocycles. The Labute approximate surface area is 376 Å². The van der Waals surface area contributed by atoms with Crippen molar-refractivity contribution < 1.29 is 45.4 Å². The zero-order chi connectivity index (χ0) is 46.1. The summed E-state index contributed by atoms with van der Waals surface area (Å²) in [6, 6.07) is 26.4. The van der Waals surface area contributed by atoms with Gasteiger partial charge >= 0.3 is 13.0 Å². The van der Waals surface area contributed by atoms with Gasteiger partial charge in [-0.25, -0.2) is 14.4 Å². The molecule has 10 nitrogen and oxygen atoms in total. The van der Waals surface area contributed by atoms with Gasteiger partial charge in [-0.3, -0.25) is 19.6 Å². The monoisotopic (exact) mass is 906 g/mol. The standard InChI is InChI=1S/C49H56F6N6O4/c1-4-34-6-8-37(9-7-34)31-60-47(22-25-56(3)26-23-47)44(45(63)59(60)30-36-14-20-41(21-15-36)65-49(53,54)55)42-33-57(5-2)27-24-48(42)28-43(62)58(61(48)32-38-10-16-39(50)17-11-38)29-35-12-18-40(19-13-35)64-46(51)52/h6-21,42,44,46H,4-5,22-33H2,1-3H3. The van der Waals surface area contributed by atoms with Crippen molar-refractivity contribution in [1.82, 2.24) is 29.8 Å². The van der Waals surface area contributed by atoms with Gasteiger partial charge in [-0.15, -0.1) is 13.2 Å². The lowest BCUT2D eigenvalue weighted by atomic mass is 9.61. The predicted molar refractivity (Wildman–Crippen MR) is 231 cm³/mol. The van der Waals surface area contributed by atoms with Crippen LogP contribution in [0.15, 0.2) is 97.1 Å². The van der Waals surface area contributed by atoms with Gasteiger partial charge in [-0.05, 0) is 123 Å². The zero-order valence-corrected chi connectivity index (χ0v) is 37.0. The summed E-state index contributed by atoms with van der Waals surface area (Å²) in [5.74, 6) is -2.05. The molecule has 4 aromatic rings. The zero-order valence-electron chi connectivity index (χ0n) is 37.0. The highest BCUT2D eigenvalue weighted by atomic mass is 19.4. The van der Waals surface area contributed by atoms with Crippen molar-refractivity contribution >= 4 is 11.8 Å². The van der Waals surface area contributed by atoms with Crippen LogP contribution in [-0.4, -0.2) is 105 Å². The summed E-state index contributed by atoms with van der Waals surface area (Å²) in [6.45, 7) is 5.35. The summed E-state index contributed by atoms with van der Waals surface area (Å²) in [6.07, 6.45) is -2.05. The van der Waals surface area contributed by atoms with Crippen LogP contribution in [0.1, 0.15) is 67.3 Å². The third-order valence-electron chi connectivity index (χ3n) is 14.1. The lowest BCUT2D eigenvalue weighted by Crippen LogP contribution is -2.66. The van der Waals surface area contributed by atoms with Gasteiger partial charge < -0.3 is 19.3 Å². The number of nitrogens with zero attached hydrogens (tertiary/aromatic N) is 6. The number of piperidine rings is 2. The topological polar surface area (TPSA) is 72.0 Å². The maximum Gasteiger partial charge on any atom is 0.573 e. The van der Waals surface area contributed by atoms with Gasteiger partial charge in [0, 0.05) is 32.0 Å². The Morgan fingerprint density at radius 1 is 0.662 bits per heavy atom. The number of hydrogen-bond donors (Lipinski definition) is 0. The Balaban J connectivity index is 1.24. The summed E-state index contributed by atoms with van der Waals surface area (Å²) in [7, 11) is 2.07. The highest BCUT2D eigenvalue weighted by Crippen LogP contribution is 2.55. The van der Waals surface area contributed by atoms with E-state index in [9.17, 15) is 31.1 Å². The number of ether oxygens (including phenoxy) is 2. The summed E-state index contributed by atoms with van der Waals surface area (Å²) in [5.41, 5.74) is 2.66. The van der Waals surface area contributed by atoms with E-state index < -0.39 is 41.7 Å². The molecular formula is C49H56F6N6O4. The molecule has 2 amide bonds. The molecule has 2 spiro atoms. The van der Waals surface area contributed by atoms with Crippen LogP contribution in [0.2, 0.25) is 0 Å². The number of likely N-dealkylation sites (tertiary alicyclic amines) is 2. The summed E-state index contributed by atoms with van der Waals surface area (Å²) in [5, 5.41) is 7.87. The quantitative estimate of drug-likeness (QED) is 0.117. The molecule has 3 unspecified atom stereocenters. The number of alkyl halides is 5. The number of benzene rings is 4. The van der Waals surface area contributed by atoms with E-state index in [-0.39, 0.29) is 49.4 Å². The van der Waals surface area contributed by atoms with Crippen LogP contribution >= 0.6 is 0 Å². The van der Waals surface area contributed by atoms with Crippen LogP contribution in [0.3, 0.4) is 0 Å². The van der Waals surface area contributed by atoms with Crippen LogP contribution in [0.5, 0.6) is 11.5 Å². The predicted octanol–water partition coefficient (Wildman–Crippen LogP) is 8.66. The molecule has 4 aromatic carbocycles. The van der Waals surface area contributed by atoms with Crippen molar-refractivity contribution in [2.24, 2.45) is 11.8 Å². The summed E-state index contributed by atoms with van der Waals surface area (Å²) < 4.78 is 88.8. The Hall–Kier alpha value is -5.16. The van der Waals surface area contributed by atoms with Gasteiger partial charge in [0.2, 0.25) is 11.8 Å². The highest BCUT2D eigenvalue weighted by Gasteiger charge is 2.67. The highest BCUT2D eigenvalue weighted by molar-refractivity contribution is 5.84. The number of carbonyl (C=O) groups excluding carboxylic acids is 2. The first-order valence-corrected chi connectivity index (χ1v) is 22.4. The second-order valence-corrected chi connectivity index (χ2v) is 17.9. The minimum absolute atomic E-state index is 0.00712. The summed E-state index contributed by atoms with van der Waals surface area (Å²) >= 11 is 0. The molecule has 0 N–H and O–H groups in total. The lowest BCUT2D eigenvalue weighted by Gasteiger charge is -2.56. The Kier molecular flexibility index (Phi) is 13.5. The molecule has 4 heterocycles. The van der Waals surface area contributed by atoms with Crippen LogP contribution < -0.4 is 9.47 Å². The maximum atomic E-state index is 16.0. The van der Waals surface area contributed by atoms with Crippen LogP contribution in [0.25, 0.3) is 0 Å². The number of carbonyl (C=O) groups is 2. The average molecular weight is 907 g/mol. The van der Waals surface area contributed by atoms with Crippen LogP contribution in [-0.2, 0) is 42.2 Å². The van der Waals surface area contributed by atoms with Crippen LogP contribution in [0.4, 0.5) is 26.3 Å². The third-order valence-corrected chi connectivity index (χ3v) is 14.1. The van der Waals surface area contributed by atoms with Crippen molar-refractivity contribution in [3.05, 3.63) is 131 Å². The fraction of sp³-hybridized carbons (Fsp3) is 0.469. The van der Waals surface area contributed by atoms with E-state index in [0.29, 0.717) is 63.1 Å². The number of rotatable bonds is 14. The molecule has 0 radical (unpaired) electrons. The number of hydrogen-bond acceptors (Lipinski definition) is 8. The smallest absolute Gasteiger partial charge is 0.435 e. The van der Waals surface area contributed by atoms with E-state index in [1.54, 1.807) is 41.4 Å². The lowest BCUT2D eigenvalue weighted by molar-refractivity contribution is -0.274. The van der Waals surface area contributed by atoms with Gasteiger partial charge in [-0.2, -0.15) is 8.78 Å². The van der Waals surface area contributed by atoms with Gasteiger partial charge in [0.05, 0.1) is 30.1 Å². The van der Waals surface area contributed by atoms with Crippen molar-refractivity contribution in [3.63, 3.8) is 0 Å². The van der Waals surface area contributed by atoms with Crippen molar-refractivity contribution in [1.29, 1.82) is 0 Å². The molecule has 4 aliphatic heterocycles. The van der Waals surface area contributed by atoms with E-state index in [2.05, 4.69) is 74.5 Å². The van der Waals surface area contributed by atoms with Gasteiger partial charge in [0.15, 0.2) is 0 Å². The SMILES string of the molecule is CCc1ccc(CN2N(Cc3ccc(OC(F)(F)F)cc3)C(=O)C(C3CN(CC)CCC34CC(=O)N(Cc3ccc(OC(F)F)cc3)N4Cc3ccc(F)cc3)C23CCN(C)CC3)cc1. The number of hydrazine groups is 2. The second kappa shape index (κ2) is 19.0. The second-order valence-electron chi connectivity index (χ2n) is 17.9. The molecule has 0 aliphatic carbocycles. The van der Waals surface area contributed by atoms with E-state index in [1.807, 2.05) is 5.01 Å². The molecule has 65 heavy (non-hydrogen) atoms. The molecule has 4 aliphatic rings. The third kappa shape index (κ3) is 9.86. The molecule has 16 heteroatoms. The molecule has 4 fully saturated rings. The Morgan fingerprint density at radius 3 is 1.71 bits per heavy atom. The van der Waals surface area contributed by atoms with Crippen LogP contribution in [0, 0.1) is 17.7 Å². The average Bonchev–Trinajstić information content (AvgIpc) is 3.65. The molecule has 0 aromatic heterocycles. The fourth-order valence-corrected chi connectivity index (χ4v) is 10.7. The van der Waals surface area contributed by atoms with Gasteiger partial charge in [-0.1, -0.05) is 74.5 Å². The first-order chi connectivity index (χ1) is 31.1. The van der Waals surface area contributed by atoms with E-state index >= 15 is 4.79 Å². The fourth-order valence-electron chi connectivity index (χ4n) is 10.7. The first kappa shape index (κ1) is 46.4. The van der Waals surface area contributed by atoms with E-state index in [4.69, 9.17) is 0 Å². The van der Waals surface area contributed by atoms with Gasteiger partial charge in [0.25, 0.3) is 0 Å².